The Kier molecular flexibility index (Phi) is 11.5. The summed E-state index contributed by atoms with van der Waals surface area (Å²) in [5, 5.41) is 0. The molecule has 0 radical (unpaired) electrons. The molecule has 0 saturated carbocycles. The van der Waals surface area contributed by atoms with Gasteiger partial charge in [-0.05, 0) is 78.9 Å². The third kappa shape index (κ3) is 6.88. The van der Waals surface area contributed by atoms with E-state index in [1.807, 2.05) is 0 Å². The first-order valence-electron chi connectivity index (χ1n) is 13.8. The lowest BCUT2D eigenvalue weighted by molar-refractivity contribution is 0.589. The zero-order chi connectivity index (χ0) is 27.5. The average molecular weight is 621 g/mol. The second kappa shape index (κ2) is 12.4. The number of hydrogen-bond donors (Lipinski definition) is 0. The zero-order valence-corrected chi connectivity index (χ0v) is 29.7. The van der Waals surface area contributed by atoms with Crippen molar-refractivity contribution in [3.63, 3.8) is 0 Å². The van der Waals surface area contributed by atoms with E-state index in [4.69, 9.17) is 0 Å². The molecule has 0 bridgehead atoms. The topological polar surface area (TPSA) is 0 Å². The number of rotatable bonds is 6. The normalized spacial score (nSPS) is 13.1. The summed E-state index contributed by atoms with van der Waals surface area (Å²) in [6.45, 7) is 35.6. The molecule has 0 aliphatic heterocycles. The van der Waals surface area contributed by atoms with Crippen LogP contribution in [0.15, 0.2) is 12.1 Å². The maximum atomic E-state index is 3.97. The maximum Gasteiger partial charge on any atom is 0.146 e. The molecule has 0 heterocycles. The van der Waals surface area contributed by atoms with Gasteiger partial charge in [0, 0.05) is 14.7 Å². The van der Waals surface area contributed by atoms with Gasteiger partial charge >= 0.3 is 0 Å². The molecule has 3 heteroatoms. The van der Waals surface area contributed by atoms with Crippen molar-refractivity contribution in [3.05, 3.63) is 32.4 Å². The van der Waals surface area contributed by atoms with Crippen molar-refractivity contribution in [3.8, 4) is 22.9 Å². The average Bonchev–Trinajstić information content (AvgIpc) is 2.68. The zero-order valence-electron chi connectivity index (χ0n) is 25.5. The predicted molar refractivity (Wildman–Crippen MR) is 174 cm³/mol. The Labute approximate surface area is 235 Å². The van der Waals surface area contributed by atoms with Crippen molar-refractivity contribution >= 4 is 38.7 Å². The van der Waals surface area contributed by atoms with Gasteiger partial charge in [-0.1, -0.05) is 116 Å². The highest BCUT2D eigenvalue weighted by Crippen LogP contribution is 2.42. The Bertz CT molecular complexity index is 868. The molecule has 0 fully saturated rings. The molecule has 0 aliphatic carbocycles. The van der Waals surface area contributed by atoms with Gasteiger partial charge in [-0.25, -0.2) is 0 Å². The van der Waals surface area contributed by atoms with Crippen LogP contribution in [0.5, 0.6) is 0 Å². The Morgan fingerprint density at radius 1 is 0.571 bits per heavy atom. The van der Waals surface area contributed by atoms with E-state index in [0.717, 1.165) is 0 Å². The monoisotopic (exact) mass is 620 g/mol. The van der Waals surface area contributed by atoms with Gasteiger partial charge in [0.05, 0.1) is 0 Å². The molecule has 35 heavy (non-hydrogen) atoms. The van der Waals surface area contributed by atoms with Gasteiger partial charge < -0.3 is 0 Å². The van der Waals surface area contributed by atoms with Crippen LogP contribution >= 0.6 is 22.6 Å². The van der Waals surface area contributed by atoms with Crippen molar-refractivity contribution in [1.29, 1.82) is 0 Å². The van der Waals surface area contributed by atoms with Gasteiger partial charge in [-0.3, -0.25) is 0 Å². The van der Waals surface area contributed by atoms with E-state index in [9.17, 15) is 0 Å². The Morgan fingerprint density at radius 3 is 1.03 bits per heavy atom. The molecule has 0 saturated heterocycles. The third-order valence-corrected chi connectivity index (χ3v) is 22.2. The van der Waals surface area contributed by atoms with Crippen LogP contribution in [0.3, 0.4) is 0 Å². The molecule has 196 valence electrons. The molecule has 1 aromatic carbocycles. The highest BCUT2D eigenvalue weighted by atomic mass is 127. The minimum atomic E-state index is -1.80. The molecule has 0 spiro atoms. The molecule has 0 aromatic heterocycles. The molecule has 0 aliphatic rings. The Hall–Kier alpha value is -0.496. The SMILES string of the molecule is CC(C)[Si](C#Cc1cc(C(C)(C)C)cc(C#C[Si](C(C)C)(C(C)C)C(C)C)c1I)(C(C)C)C(C)C. The van der Waals surface area contributed by atoms with E-state index in [-0.39, 0.29) is 5.41 Å². The minimum Gasteiger partial charge on any atom is -0.125 e. The standard InChI is InChI=1S/C32H53ISi2/c1-22(2)34(23(3)4,24(5)6)18-16-28-20-30(32(13,14)15)21-29(31(28)33)17-19-35(25(7)8,26(9)10)27(11)12/h20-27H,1-15H3. The van der Waals surface area contributed by atoms with Gasteiger partial charge in [0.1, 0.15) is 16.1 Å². The summed E-state index contributed by atoms with van der Waals surface area (Å²) in [5.41, 5.74) is 15.5. The Morgan fingerprint density at radius 2 is 0.829 bits per heavy atom. The lowest BCUT2D eigenvalue weighted by Gasteiger charge is -2.38. The first-order valence-corrected chi connectivity index (χ1v) is 19.3. The largest absolute Gasteiger partial charge is 0.146 e. The second-order valence-electron chi connectivity index (χ2n) is 13.4. The predicted octanol–water partition coefficient (Wildman–Crippen LogP) is 10.7. The van der Waals surface area contributed by atoms with Gasteiger partial charge in [-0.15, -0.1) is 11.1 Å². The molecule has 0 amide bonds. The fraction of sp³-hybridized carbons (Fsp3) is 0.688. The second-order valence-corrected chi connectivity index (χ2v) is 25.7. The molecule has 1 rings (SSSR count). The minimum absolute atomic E-state index is 0.0581. The summed E-state index contributed by atoms with van der Waals surface area (Å²) >= 11 is 2.52. The van der Waals surface area contributed by atoms with E-state index in [1.54, 1.807) is 0 Å². The molecule has 1 aromatic rings. The molecule has 0 atom stereocenters. The van der Waals surface area contributed by atoms with Crippen LogP contribution in [-0.4, -0.2) is 16.1 Å². The van der Waals surface area contributed by atoms with Crippen molar-refractivity contribution < 1.29 is 0 Å². The summed E-state index contributed by atoms with van der Waals surface area (Å²) in [6, 6.07) is 4.69. The number of benzene rings is 1. The van der Waals surface area contributed by atoms with Crippen LogP contribution in [-0.2, 0) is 5.41 Å². The molecular weight excluding hydrogens is 567 g/mol. The van der Waals surface area contributed by atoms with E-state index < -0.39 is 16.1 Å². The van der Waals surface area contributed by atoms with Crippen molar-refractivity contribution in [2.24, 2.45) is 0 Å². The van der Waals surface area contributed by atoms with E-state index in [0.29, 0.717) is 33.2 Å². The first kappa shape index (κ1) is 32.5. The van der Waals surface area contributed by atoms with E-state index >= 15 is 0 Å². The fourth-order valence-corrected chi connectivity index (χ4v) is 17.5. The van der Waals surface area contributed by atoms with E-state index in [2.05, 4.69) is 162 Å². The molecule has 0 N–H and O–H groups in total. The molecule has 0 nitrogen and oxygen atoms in total. The van der Waals surface area contributed by atoms with Crippen LogP contribution in [0.1, 0.15) is 121 Å². The van der Waals surface area contributed by atoms with Crippen LogP contribution in [0.4, 0.5) is 0 Å². The summed E-state index contributed by atoms with van der Waals surface area (Å²) < 4.78 is 1.23. The third-order valence-electron chi connectivity index (χ3n) is 8.50. The van der Waals surface area contributed by atoms with Crippen molar-refractivity contribution in [1.82, 2.24) is 0 Å². The van der Waals surface area contributed by atoms with Gasteiger partial charge in [0.25, 0.3) is 0 Å². The summed E-state index contributed by atoms with van der Waals surface area (Å²) in [7, 11) is -3.60. The highest BCUT2D eigenvalue weighted by molar-refractivity contribution is 14.1. The van der Waals surface area contributed by atoms with Crippen LogP contribution in [0.2, 0.25) is 33.2 Å². The highest BCUT2D eigenvalue weighted by Gasteiger charge is 2.42. The van der Waals surface area contributed by atoms with Crippen molar-refractivity contribution in [2.45, 2.75) is 143 Å². The van der Waals surface area contributed by atoms with Gasteiger partial charge in [-0.2, -0.15) is 0 Å². The summed E-state index contributed by atoms with van der Waals surface area (Å²) in [4.78, 5) is 0. The van der Waals surface area contributed by atoms with Crippen LogP contribution in [0, 0.1) is 26.5 Å². The lowest BCUT2D eigenvalue weighted by atomic mass is 9.85. The quantitative estimate of drug-likeness (QED) is 0.169. The smallest absolute Gasteiger partial charge is 0.125 e. The van der Waals surface area contributed by atoms with Gasteiger partial charge in [0.2, 0.25) is 0 Å². The van der Waals surface area contributed by atoms with Crippen LogP contribution in [0.25, 0.3) is 0 Å². The van der Waals surface area contributed by atoms with Crippen molar-refractivity contribution in [2.75, 3.05) is 0 Å². The summed E-state index contributed by atoms with van der Waals surface area (Å²) in [5.74, 6) is 7.53. The first-order chi connectivity index (χ1) is 15.8. The van der Waals surface area contributed by atoms with E-state index in [1.165, 1.54) is 20.3 Å². The maximum absolute atomic E-state index is 3.97. The molecule has 0 unspecified atom stereocenters. The Balaban J connectivity index is 3.95. The number of halogens is 1. The fourth-order valence-electron chi connectivity index (χ4n) is 6.46. The van der Waals surface area contributed by atoms with Crippen LogP contribution < -0.4 is 0 Å². The number of hydrogen-bond acceptors (Lipinski definition) is 0. The van der Waals surface area contributed by atoms with Gasteiger partial charge in [0.15, 0.2) is 0 Å². The lowest BCUT2D eigenvalue weighted by Crippen LogP contribution is -2.43. The summed E-state index contributed by atoms with van der Waals surface area (Å²) in [6.07, 6.45) is 0. The molecular formula is C32H53ISi2.